The Morgan fingerprint density at radius 1 is 1.30 bits per heavy atom. The quantitative estimate of drug-likeness (QED) is 0.765. The minimum absolute atomic E-state index is 0.00259. The van der Waals surface area contributed by atoms with Crippen molar-refractivity contribution in [1.82, 2.24) is 9.97 Å². The van der Waals surface area contributed by atoms with E-state index in [4.69, 9.17) is 0 Å². The maximum absolute atomic E-state index is 12.8. The molecule has 0 radical (unpaired) electrons. The van der Waals surface area contributed by atoms with E-state index in [2.05, 4.69) is 9.97 Å². The molecule has 4 rings (SSSR count). The number of aromatic hydroxyl groups is 1. The second kappa shape index (κ2) is 5.43. The van der Waals surface area contributed by atoms with E-state index in [-0.39, 0.29) is 11.7 Å². The number of phenolic OH excluding ortho intramolecular Hbond substituents is 1. The second-order valence-corrected chi connectivity index (χ2v) is 5.82. The number of rotatable bonds is 2. The highest BCUT2D eigenvalue weighted by Gasteiger charge is 2.25. The van der Waals surface area contributed by atoms with Gasteiger partial charge in [0.15, 0.2) is 0 Å². The van der Waals surface area contributed by atoms with Gasteiger partial charge in [0, 0.05) is 24.3 Å². The highest BCUT2D eigenvalue weighted by atomic mass is 16.3. The fraction of sp³-hybridized carbons (Fsp3) is 0.222. The Bertz CT molecular complexity index is 885. The van der Waals surface area contributed by atoms with Crippen LogP contribution < -0.4 is 4.90 Å². The van der Waals surface area contributed by atoms with Crippen molar-refractivity contribution in [1.29, 1.82) is 0 Å². The summed E-state index contributed by atoms with van der Waals surface area (Å²) in [6, 6.07) is 9.27. The van der Waals surface area contributed by atoms with E-state index in [0.29, 0.717) is 18.7 Å². The van der Waals surface area contributed by atoms with Gasteiger partial charge < -0.3 is 15.0 Å². The van der Waals surface area contributed by atoms with Crippen LogP contribution in [0.5, 0.6) is 5.75 Å². The molecule has 0 fully saturated rings. The minimum atomic E-state index is -0.00259. The number of amides is 1. The topological polar surface area (TPSA) is 69.2 Å². The molecule has 0 atom stereocenters. The summed E-state index contributed by atoms with van der Waals surface area (Å²) in [5.74, 6) is 0.174. The predicted octanol–water partition coefficient (Wildman–Crippen LogP) is 2.79. The predicted molar refractivity (Wildman–Crippen MR) is 88.6 cm³/mol. The van der Waals surface area contributed by atoms with Gasteiger partial charge in [-0.25, -0.2) is 4.98 Å². The maximum Gasteiger partial charge on any atom is 0.231 e. The first-order valence-electron chi connectivity index (χ1n) is 7.76. The lowest BCUT2D eigenvalue weighted by molar-refractivity contribution is -0.118. The van der Waals surface area contributed by atoms with Crippen LogP contribution in [0.15, 0.2) is 42.7 Å². The fourth-order valence-corrected chi connectivity index (χ4v) is 3.30. The van der Waals surface area contributed by atoms with Crippen molar-refractivity contribution >= 4 is 22.6 Å². The van der Waals surface area contributed by atoms with E-state index in [1.807, 2.05) is 30.5 Å². The molecule has 2 aromatic heterocycles. The highest BCUT2D eigenvalue weighted by molar-refractivity contribution is 5.99. The summed E-state index contributed by atoms with van der Waals surface area (Å²) < 4.78 is 0. The van der Waals surface area contributed by atoms with Gasteiger partial charge in [-0.1, -0.05) is 12.1 Å². The molecule has 0 aliphatic carbocycles. The van der Waals surface area contributed by atoms with Crippen LogP contribution in [0.2, 0.25) is 0 Å². The van der Waals surface area contributed by atoms with Crippen molar-refractivity contribution in [3.05, 3.63) is 53.9 Å². The van der Waals surface area contributed by atoms with Gasteiger partial charge in [0.05, 0.1) is 12.1 Å². The molecule has 1 aliphatic rings. The van der Waals surface area contributed by atoms with Crippen molar-refractivity contribution in [3.8, 4) is 5.75 Å². The number of H-pyrrole nitrogens is 1. The SMILES string of the molecule is O=C(Cc1c[nH]c2ncccc12)N1CCCc2cccc(O)c21. The number of pyridine rings is 1. The van der Waals surface area contributed by atoms with Gasteiger partial charge in [0.2, 0.25) is 5.91 Å². The summed E-state index contributed by atoms with van der Waals surface area (Å²) in [4.78, 5) is 21.9. The van der Waals surface area contributed by atoms with E-state index in [1.54, 1.807) is 17.2 Å². The number of aryl methyl sites for hydroxylation is 1. The van der Waals surface area contributed by atoms with Gasteiger partial charge in [-0.15, -0.1) is 0 Å². The zero-order valence-electron chi connectivity index (χ0n) is 12.6. The number of nitrogens with zero attached hydrogens (tertiary/aromatic N) is 2. The van der Waals surface area contributed by atoms with Crippen LogP contribution in [0.4, 0.5) is 5.69 Å². The molecule has 1 aliphatic heterocycles. The van der Waals surface area contributed by atoms with E-state index >= 15 is 0 Å². The van der Waals surface area contributed by atoms with Crippen molar-refractivity contribution in [3.63, 3.8) is 0 Å². The number of carbonyl (C=O) groups excluding carboxylic acids is 1. The second-order valence-electron chi connectivity index (χ2n) is 5.82. The Labute approximate surface area is 133 Å². The Morgan fingerprint density at radius 2 is 2.22 bits per heavy atom. The zero-order chi connectivity index (χ0) is 15.8. The Morgan fingerprint density at radius 3 is 3.13 bits per heavy atom. The number of hydrogen-bond acceptors (Lipinski definition) is 3. The lowest BCUT2D eigenvalue weighted by Crippen LogP contribution is -2.36. The number of anilines is 1. The van der Waals surface area contributed by atoms with Crippen molar-refractivity contribution < 1.29 is 9.90 Å². The molecule has 1 aromatic carbocycles. The number of hydrogen-bond donors (Lipinski definition) is 2. The lowest BCUT2D eigenvalue weighted by Gasteiger charge is -2.30. The Balaban J connectivity index is 1.66. The molecular weight excluding hydrogens is 290 g/mol. The van der Waals surface area contributed by atoms with Crippen LogP contribution in [0.3, 0.4) is 0 Å². The van der Waals surface area contributed by atoms with E-state index in [0.717, 1.165) is 35.0 Å². The molecule has 23 heavy (non-hydrogen) atoms. The molecule has 0 saturated carbocycles. The molecule has 3 heterocycles. The number of fused-ring (bicyclic) bond motifs is 2. The average molecular weight is 307 g/mol. The third kappa shape index (κ3) is 2.34. The van der Waals surface area contributed by atoms with Crippen LogP contribution in [-0.2, 0) is 17.6 Å². The summed E-state index contributed by atoms with van der Waals surface area (Å²) >= 11 is 0. The number of para-hydroxylation sites is 1. The highest BCUT2D eigenvalue weighted by Crippen LogP contribution is 2.35. The van der Waals surface area contributed by atoms with Crippen LogP contribution in [-0.4, -0.2) is 27.5 Å². The third-order valence-corrected chi connectivity index (χ3v) is 4.38. The smallest absolute Gasteiger partial charge is 0.231 e. The van der Waals surface area contributed by atoms with Gasteiger partial charge >= 0.3 is 0 Å². The van der Waals surface area contributed by atoms with E-state index < -0.39 is 0 Å². The van der Waals surface area contributed by atoms with E-state index in [1.165, 1.54) is 0 Å². The molecule has 116 valence electrons. The number of nitrogens with one attached hydrogen (secondary N) is 1. The first kappa shape index (κ1) is 13.8. The van der Waals surface area contributed by atoms with Crippen LogP contribution in [0.25, 0.3) is 11.0 Å². The molecule has 5 heteroatoms. The van der Waals surface area contributed by atoms with Gasteiger partial charge in [-0.3, -0.25) is 4.79 Å². The first-order chi connectivity index (χ1) is 11.2. The Hall–Kier alpha value is -2.82. The van der Waals surface area contributed by atoms with Gasteiger partial charge in [0.1, 0.15) is 11.4 Å². The van der Waals surface area contributed by atoms with Crippen LogP contribution in [0.1, 0.15) is 17.5 Å². The molecule has 5 nitrogen and oxygen atoms in total. The Kier molecular flexibility index (Phi) is 3.26. The average Bonchev–Trinajstić information content (AvgIpc) is 2.98. The lowest BCUT2D eigenvalue weighted by atomic mass is 10.00. The molecule has 0 bridgehead atoms. The molecule has 3 aromatic rings. The maximum atomic E-state index is 12.8. The third-order valence-electron chi connectivity index (χ3n) is 4.38. The minimum Gasteiger partial charge on any atom is -0.506 e. The van der Waals surface area contributed by atoms with Crippen molar-refractivity contribution in [2.75, 3.05) is 11.4 Å². The summed E-state index contributed by atoms with van der Waals surface area (Å²) in [7, 11) is 0. The first-order valence-corrected chi connectivity index (χ1v) is 7.76. The fourth-order valence-electron chi connectivity index (χ4n) is 3.30. The standard InChI is InChI=1S/C18H17N3O2/c22-15-7-1-4-12-5-3-9-21(17(12)15)16(23)10-13-11-20-18-14(13)6-2-8-19-18/h1-2,4,6-8,11,22H,3,5,9-10H2,(H,19,20). The van der Waals surface area contributed by atoms with Crippen molar-refractivity contribution in [2.24, 2.45) is 0 Å². The molecule has 1 amide bonds. The normalized spacial score (nSPS) is 14.0. The summed E-state index contributed by atoms with van der Waals surface area (Å²) in [6.07, 6.45) is 5.66. The zero-order valence-corrected chi connectivity index (χ0v) is 12.6. The molecular formula is C18H17N3O2. The van der Waals surface area contributed by atoms with Gasteiger partial charge in [0.25, 0.3) is 0 Å². The van der Waals surface area contributed by atoms with Crippen molar-refractivity contribution in [2.45, 2.75) is 19.3 Å². The molecule has 0 saturated heterocycles. The van der Waals surface area contributed by atoms with E-state index in [9.17, 15) is 9.90 Å². The monoisotopic (exact) mass is 307 g/mol. The van der Waals surface area contributed by atoms with Crippen LogP contribution >= 0.6 is 0 Å². The molecule has 0 unspecified atom stereocenters. The van der Waals surface area contributed by atoms with Gasteiger partial charge in [-0.05, 0) is 42.2 Å². The number of phenols is 1. The van der Waals surface area contributed by atoms with Crippen LogP contribution in [0, 0.1) is 0 Å². The largest absolute Gasteiger partial charge is 0.506 e. The summed E-state index contributed by atoms with van der Waals surface area (Å²) in [6.45, 7) is 0.643. The number of aromatic amines is 1. The summed E-state index contributed by atoms with van der Waals surface area (Å²) in [5, 5.41) is 11.1. The molecule has 0 spiro atoms. The summed E-state index contributed by atoms with van der Waals surface area (Å²) in [5.41, 5.74) is 3.42. The number of benzene rings is 1. The van der Waals surface area contributed by atoms with Gasteiger partial charge in [-0.2, -0.15) is 0 Å². The number of carbonyl (C=O) groups is 1. The number of aromatic nitrogens is 2. The molecule has 2 N–H and O–H groups in total.